The minimum absolute atomic E-state index is 0.0519. The number of pyridine rings is 1. The molecule has 5 nitrogen and oxygen atoms in total. The zero-order valence-corrected chi connectivity index (χ0v) is 18.6. The van der Waals surface area contributed by atoms with Crippen LogP contribution in [0, 0.1) is 0 Å². The Labute approximate surface area is 192 Å². The summed E-state index contributed by atoms with van der Waals surface area (Å²) in [6.45, 7) is 1.84. The van der Waals surface area contributed by atoms with E-state index in [0.29, 0.717) is 36.8 Å². The lowest BCUT2D eigenvalue weighted by molar-refractivity contribution is 0.298. The average molecular weight is 449 g/mol. The molecule has 0 atom stereocenters. The molecule has 0 spiro atoms. The Balaban J connectivity index is 1.55. The van der Waals surface area contributed by atoms with Crippen molar-refractivity contribution in [2.45, 2.75) is 19.6 Å². The van der Waals surface area contributed by atoms with Crippen molar-refractivity contribution in [2.24, 2.45) is 0 Å². The molecular formula is C26H25ClN2O3. The third kappa shape index (κ3) is 5.13. The Bertz CT molecular complexity index is 1260. The van der Waals surface area contributed by atoms with Crippen LogP contribution in [0.2, 0.25) is 5.02 Å². The van der Waals surface area contributed by atoms with Crippen molar-refractivity contribution in [1.29, 1.82) is 0 Å². The quantitative estimate of drug-likeness (QED) is 0.390. The van der Waals surface area contributed by atoms with Gasteiger partial charge in [-0.15, -0.1) is 0 Å². The Hall–Kier alpha value is -3.28. The van der Waals surface area contributed by atoms with Crippen LogP contribution < -0.4 is 20.3 Å². The normalized spacial score (nSPS) is 10.9. The van der Waals surface area contributed by atoms with Crippen molar-refractivity contribution in [3.05, 3.63) is 105 Å². The number of halogens is 1. The Kier molecular flexibility index (Phi) is 7.10. The molecule has 0 aliphatic carbocycles. The summed E-state index contributed by atoms with van der Waals surface area (Å²) in [5.74, 6) is 1.60. The second kappa shape index (κ2) is 10.4. The maximum absolute atomic E-state index is 13.3. The SMILES string of the molecule is COc1ccccc1CNCc1cc2ccc(Cl)cc2n(CCOc2ccccc2)c1=O. The Morgan fingerprint density at radius 1 is 0.906 bits per heavy atom. The lowest BCUT2D eigenvalue weighted by atomic mass is 10.1. The van der Waals surface area contributed by atoms with Crippen LogP contribution in [0.15, 0.2) is 83.7 Å². The highest BCUT2D eigenvalue weighted by molar-refractivity contribution is 6.31. The van der Waals surface area contributed by atoms with Crippen molar-refractivity contribution >= 4 is 22.5 Å². The van der Waals surface area contributed by atoms with Gasteiger partial charge in [0.1, 0.15) is 18.1 Å². The fourth-order valence-electron chi connectivity index (χ4n) is 3.71. The first-order chi connectivity index (χ1) is 15.7. The summed E-state index contributed by atoms with van der Waals surface area (Å²) in [7, 11) is 1.66. The molecule has 6 heteroatoms. The van der Waals surface area contributed by atoms with Gasteiger partial charge in [-0.3, -0.25) is 4.79 Å². The number of benzene rings is 3. The molecule has 4 rings (SSSR count). The van der Waals surface area contributed by atoms with Crippen LogP contribution in [0.3, 0.4) is 0 Å². The molecule has 164 valence electrons. The van der Waals surface area contributed by atoms with Gasteiger partial charge < -0.3 is 19.4 Å². The zero-order chi connectivity index (χ0) is 22.3. The first-order valence-corrected chi connectivity index (χ1v) is 10.9. The number of fused-ring (bicyclic) bond motifs is 1. The molecule has 0 unspecified atom stereocenters. The van der Waals surface area contributed by atoms with Crippen LogP contribution in [0.25, 0.3) is 10.9 Å². The van der Waals surface area contributed by atoms with Crippen LogP contribution in [-0.4, -0.2) is 18.3 Å². The van der Waals surface area contributed by atoms with E-state index >= 15 is 0 Å². The molecule has 0 radical (unpaired) electrons. The van der Waals surface area contributed by atoms with Gasteiger partial charge in [-0.1, -0.05) is 54.1 Å². The monoisotopic (exact) mass is 448 g/mol. The zero-order valence-electron chi connectivity index (χ0n) is 17.9. The molecule has 1 heterocycles. The van der Waals surface area contributed by atoms with E-state index in [9.17, 15) is 4.79 Å². The second-order valence-electron chi connectivity index (χ2n) is 7.41. The maximum atomic E-state index is 13.3. The molecular weight excluding hydrogens is 424 g/mol. The number of para-hydroxylation sites is 2. The molecule has 0 aliphatic heterocycles. The predicted octanol–water partition coefficient (Wildman–Crippen LogP) is 5.03. The van der Waals surface area contributed by atoms with Gasteiger partial charge in [-0.2, -0.15) is 0 Å². The van der Waals surface area contributed by atoms with E-state index < -0.39 is 0 Å². The molecule has 1 aromatic heterocycles. The molecule has 0 saturated carbocycles. The van der Waals surface area contributed by atoms with Gasteiger partial charge in [0.05, 0.1) is 19.2 Å². The second-order valence-corrected chi connectivity index (χ2v) is 7.84. The fourth-order valence-corrected chi connectivity index (χ4v) is 3.87. The third-order valence-corrected chi connectivity index (χ3v) is 5.52. The average Bonchev–Trinajstić information content (AvgIpc) is 2.82. The molecule has 1 N–H and O–H groups in total. The summed E-state index contributed by atoms with van der Waals surface area (Å²) in [4.78, 5) is 13.3. The molecule has 0 bridgehead atoms. The predicted molar refractivity (Wildman–Crippen MR) is 129 cm³/mol. The van der Waals surface area contributed by atoms with Crippen LogP contribution in [0.1, 0.15) is 11.1 Å². The highest BCUT2D eigenvalue weighted by Gasteiger charge is 2.11. The Morgan fingerprint density at radius 3 is 2.47 bits per heavy atom. The minimum atomic E-state index is -0.0519. The first-order valence-electron chi connectivity index (χ1n) is 10.5. The van der Waals surface area contributed by atoms with E-state index in [-0.39, 0.29) is 5.56 Å². The van der Waals surface area contributed by atoms with E-state index in [4.69, 9.17) is 21.1 Å². The van der Waals surface area contributed by atoms with Crippen molar-refractivity contribution in [1.82, 2.24) is 9.88 Å². The maximum Gasteiger partial charge on any atom is 0.255 e. The van der Waals surface area contributed by atoms with Crippen molar-refractivity contribution in [3.63, 3.8) is 0 Å². The van der Waals surface area contributed by atoms with E-state index in [1.165, 1.54) is 0 Å². The van der Waals surface area contributed by atoms with Gasteiger partial charge in [-0.05, 0) is 41.8 Å². The van der Waals surface area contributed by atoms with Crippen LogP contribution in [0.4, 0.5) is 0 Å². The molecule has 4 aromatic rings. The third-order valence-electron chi connectivity index (χ3n) is 5.28. The van der Waals surface area contributed by atoms with E-state index in [2.05, 4.69) is 5.32 Å². The number of ether oxygens (including phenoxy) is 2. The molecule has 32 heavy (non-hydrogen) atoms. The number of methoxy groups -OCH3 is 1. The van der Waals surface area contributed by atoms with Crippen LogP contribution in [-0.2, 0) is 19.6 Å². The lowest BCUT2D eigenvalue weighted by Crippen LogP contribution is -2.29. The number of rotatable bonds is 9. The standard InChI is InChI=1S/C26H25ClN2O3/c1-31-25-10-6-5-7-20(25)17-28-18-21-15-19-11-12-22(27)16-24(19)29(26(21)30)13-14-32-23-8-3-2-4-9-23/h2-12,15-16,28H,13-14,17-18H2,1H3. The molecule has 3 aromatic carbocycles. The lowest BCUT2D eigenvalue weighted by Gasteiger charge is -2.15. The van der Waals surface area contributed by atoms with Gasteiger partial charge in [0.2, 0.25) is 0 Å². The van der Waals surface area contributed by atoms with Crippen molar-refractivity contribution in [2.75, 3.05) is 13.7 Å². The molecule has 0 saturated heterocycles. The van der Waals surface area contributed by atoms with Gasteiger partial charge in [0.25, 0.3) is 5.56 Å². The first kappa shape index (κ1) is 21.9. The van der Waals surface area contributed by atoms with E-state index in [1.54, 1.807) is 11.7 Å². The summed E-state index contributed by atoms with van der Waals surface area (Å²) in [6, 6.07) is 25.0. The highest BCUT2D eigenvalue weighted by Crippen LogP contribution is 2.20. The van der Waals surface area contributed by atoms with Crippen molar-refractivity contribution < 1.29 is 9.47 Å². The number of hydrogen-bond acceptors (Lipinski definition) is 4. The summed E-state index contributed by atoms with van der Waals surface area (Å²) in [5.41, 5.74) is 2.48. The number of aromatic nitrogens is 1. The van der Waals surface area contributed by atoms with Gasteiger partial charge in [0.15, 0.2) is 0 Å². The largest absolute Gasteiger partial charge is 0.496 e. The van der Waals surface area contributed by atoms with Crippen LogP contribution >= 0.6 is 11.6 Å². The topological polar surface area (TPSA) is 52.5 Å². The van der Waals surface area contributed by atoms with Gasteiger partial charge in [-0.25, -0.2) is 0 Å². The summed E-state index contributed by atoms with van der Waals surface area (Å²) < 4.78 is 13.0. The number of nitrogens with zero attached hydrogens (tertiary/aromatic N) is 1. The van der Waals surface area contributed by atoms with Crippen LogP contribution in [0.5, 0.6) is 11.5 Å². The summed E-state index contributed by atoms with van der Waals surface area (Å²) >= 11 is 6.22. The van der Waals surface area contributed by atoms with Crippen molar-refractivity contribution in [3.8, 4) is 11.5 Å². The number of hydrogen-bond donors (Lipinski definition) is 1. The molecule has 0 amide bonds. The number of nitrogens with one attached hydrogen (secondary N) is 1. The summed E-state index contributed by atoms with van der Waals surface area (Å²) in [5, 5.41) is 4.92. The molecule has 0 aliphatic rings. The smallest absolute Gasteiger partial charge is 0.255 e. The Morgan fingerprint density at radius 2 is 1.66 bits per heavy atom. The molecule has 0 fully saturated rings. The minimum Gasteiger partial charge on any atom is -0.496 e. The highest BCUT2D eigenvalue weighted by atomic mass is 35.5. The van der Waals surface area contributed by atoms with Gasteiger partial charge in [0, 0.05) is 29.2 Å². The summed E-state index contributed by atoms with van der Waals surface area (Å²) in [6.07, 6.45) is 0. The van der Waals surface area contributed by atoms with E-state index in [1.807, 2.05) is 78.9 Å². The van der Waals surface area contributed by atoms with E-state index in [0.717, 1.165) is 28.0 Å². The van der Waals surface area contributed by atoms with Gasteiger partial charge >= 0.3 is 0 Å². The fraction of sp³-hybridized carbons (Fsp3) is 0.192.